The molecule has 0 bridgehead atoms. The maximum absolute atomic E-state index is 13.0. The first-order valence-electron chi connectivity index (χ1n) is 8.96. The number of hydrogen-bond donors (Lipinski definition) is 1. The number of aryl methyl sites for hydroxylation is 2. The number of thioether (sulfide) groups is 1. The van der Waals surface area contributed by atoms with Crippen molar-refractivity contribution in [2.75, 3.05) is 11.1 Å². The Hall–Kier alpha value is -2.42. The van der Waals surface area contributed by atoms with Crippen molar-refractivity contribution in [1.82, 2.24) is 9.55 Å². The minimum atomic E-state index is -0.123. The zero-order chi connectivity index (χ0) is 20.5. The van der Waals surface area contributed by atoms with Crippen LogP contribution in [0.3, 0.4) is 0 Å². The molecule has 5 nitrogen and oxygen atoms in total. The largest absolute Gasteiger partial charge is 0.325 e. The predicted molar refractivity (Wildman–Crippen MR) is 123 cm³/mol. The third-order valence-electron chi connectivity index (χ3n) is 4.55. The van der Waals surface area contributed by atoms with E-state index in [0.29, 0.717) is 15.4 Å². The Balaban J connectivity index is 1.55. The molecule has 3 heterocycles. The molecule has 0 radical (unpaired) electrons. The molecule has 0 aliphatic carbocycles. The zero-order valence-corrected chi connectivity index (χ0v) is 18.6. The molecular weight excluding hydrogens is 422 g/mol. The van der Waals surface area contributed by atoms with E-state index in [9.17, 15) is 9.59 Å². The average Bonchev–Trinajstić information content (AvgIpc) is 3.35. The fourth-order valence-corrected chi connectivity index (χ4v) is 5.64. The third kappa shape index (κ3) is 4.01. The SMILES string of the molecule is Cc1ccc(NC(=O)CSc2nc3scc(-c4cccs4)c3c(=O)n2C)c(C)c1. The molecule has 0 unspecified atom stereocenters. The van der Waals surface area contributed by atoms with Crippen LogP contribution in [-0.2, 0) is 11.8 Å². The summed E-state index contributed by atoms with van der Waals surface area (Å²) in [6, 6.07) is 9.89. The molecule has 0 spiro atoms. The van der Waals surface area contributed by atoms with Gasteiger partial charge in [-0.2, -0.15) is 0 Å². The molecule has 4 rings (SSSR count). The molecule has 0 aliphatic rings. The Morgan fingerprint density at radius 2 is 2.07 bits per heavy atom. The van der Waals surface area contributed by atoms with Crippen molar-refractivity contribution in [3.05, 3.63) is 62.6 Å². The van der Waals surface area contributed by atoms with E-state index in [0.717, 1.165) is 27.3 Å². The lowest BCUT2D eigenvalue weighted by Gasteiger charge is -2.10. The van der Waals surface area contributed by atoms with Gasteiger partial charge in [0.2, 0.25) is 5.91 Å². The summed E-state index contributed by atoms with van der Waals surface area (Å²) in [4.78, 5) is 31.8. The van der Waals surface area contributed by atoms with E-state index >= 15 is 0 Å². The van der Waals surface area contributed by atoms with Crippen LogP contribution in [0, 0.1) is 13.8 Å². The van der Waals surface area contributed by atoms with Crippen molar-refractivity contribution in [3.63, 3.8) is 0 Å². The smallest absolute Gasteiger partial charge is 0.263 e. The lowest BCUT2D eigenvalue weighted by atomic mass is 10.1. The molecule has 4 aromatic rings. The van der Waals surface area contributed by atoms with Gasteiger partial charge < -0.3 is 5.32 Å². The van der Waals surface area contributed by atoms with E-state index in [1.54, 1.807) is 18.4 Å². The van der Waals surface area contributed by atoms with Crippen LogP contribution < -0.4 is 10.9 Å². The van der Waals surface area contributed by atoms with Crippen LogP contribution in [0.25, 0.3) is 20.7 Å². The van der Waals surface area contributed by atoms with Crippen LogP contribution in [0.2, 0.25) is 0 Å². The topological polar surface area (TPSA) is 64.0 Å². The van der Waals surface area contributed by atoms with Crippen molar-refractivity contribution >= 4 is 56.2 Å². The lowest BCUT2D eigenvalue weighted by Crippen LogP contribution is -2.21. The van der Waals surface area contributed by atoms with Gasteiger partial charge in [0, 0.05) is 28.6 Å². The molecule has 148 valence electrons. The minimum Gasteiger partial charge on any atom is -0.325 e. The van der Waals surface area contributed by atoms with Gasteiger partial charge in [-0.05, 0) is 36.9 Å². The molecule has 0 aliphatic heterocycles. The normalized spacial score (nSPS) is 11.1. The maximum Gasteiger partial charge on any atom is 0.263 e. The summed E-state index contributed by atoms with van der Waals surface area (Å²) >= 11 is 4.33. The first-order valence-corrected chi connectivity index (χ1v) is 11.7. The number of nitrogens with zero attached hydrogens (tertiary/aromatic N) is 2. The molecule has 0 saturated carbocycles. The van der Waals surface area contributed by atoms with Crippen molar-refractivity contribution < 1.29 is 4.79 Å². The number of benzene rings is 1. The lowest BCUT2D eigenvalue weighted by molar-refractivity contribution is -0.113. The standard InChI is InChI=1S/C21H19N3O2S3/c1-12-6-7-15(13(2)9-12)22-17(25)11-29-21-23-19-18(20(26)24(21)3)14(10-28-19)16-5-4-8-27-16/h4-10H,11H2,1-3H3,(H,22,25). The number of aromatic nitrogens is 2. The Kier molecular flexibility index (Phi) is 5.58. The van der Waals surface area contributed by atoms with Gasteiger partial charge in [-0.15, -0.1) is 22.7 Å². The van der Waals surface area contributed by atoms with Gasteiger partial charge in [0.15, 0.2) is 5.16 Å². The van der Waals surface area contributed by atoms with Gasteiger partial charge in [0.05, 0.1) is 11.1 Å². The average molecular weight is 442 g/mol. The Bertz CT molecular complexity index is 1260. The highest BCUT2D eigenvalue weighted by Crippen LogP contribution is 2.34. The number of thiophene rings is 2. The highest BCUT2D eigenvalue weighted by Gasteiger charge is 2.17. The van der Waals surface area contributed by atoms with Gasteiger partial charge in [-0.25, -0.2) is 4.98 Å². The second-order valence-electron chi connectivity index (χ2n) is 6.72. The molecule has 0 saturated heterocycles. The Morgan fingerprint density at radius 1 is 1.24 bits per heavy atom. The summed E-state index contributed by atoms with van der Waals surface area (Å²) in [6.07, 6.45) is 0. The summed E-state index contributed by atoms with van der Waals surface area (Å²) in [5.74, 6) is 0.0594. The quantitative estimate of drug-likeness (QED) is 0.347. The molecule has 1 N–H and O–H groups in total. The molecule has 1 amide bonds. The van der Waals surface area contributed by atoms with Crippen LogP contribution in [0.4, 0.5) is 5.69 Å². The summed E-state index contributed by atoms with van der Waals surface area (Å²) in [6.45, 7) is 3.99. The Labute approximate surface area is 180 Å². The molecule has 0 atom stereocenters. The molecular formula is C21H19N3O2S3. The minimum absolute atomic E-state index is 0.0862. The van der Waals surface area contributed by atoms with E-state index in [4.69, 9.17) is 0 Å². The number of rotatable bonds is 5. The van der Waals surface area contributed by atoms with E-state index < -0.39 is 0 Å². The van der Waals surface area contributed by atoms with Crippen LogP contribution >= 0.6 is 34.4 Å². The summed E-state index contributed by atoms with van der Waals surface area (Å²) in [5, 5.41) is 8.09. The molecule has 8 heteroatoms. The number of carbonyl (C=O) groups excluding carboxylic acids is 1. The maximum atomic E-state index is 13.0. The number of nitrogens with one attached hydrogen (secondary N) is 1. The molecule has 1 aromatic carbocycles. The van der Waals surface area contributed by atoms with Gasteiger partial charge in [-0.3, -0.25) is 14.2 Å². The monoisotopic (exact) mass is 441 g/mol. The van der Waals surface area contributed by atoms with Crippen molar-refractivity contribution in [1.29, 1.82) is 0 Å². The first-order chi connectivity index (χ1) is 13.9. The third-order valence-corrected chi connectivity index (χ3v) is 7.35. The number of amides is 1. The van der Waals surface area contributed by atoms with Crippen molar-refractivity contribution in [3.8, 4) is 10.4 Å². The zero-order valence-electron chi connectivity index (χ0n) is 16.2. The summed E-state index contributed by atoms with van der Waals surface area (Å²) < 4.78 is 1.53. The van der Waals surface area contributed by atoms with E-state index in [2.05, 4.69) is 10.3 Å². The van der Waals surface area contributed by atoms with Gasteiger partial charge in [0.1, 0.15) is 4.83 Å². The number of anilines is 1. The Morgan fingerprint density at radius 3 is 2.79 bits per heavy atom. The van der Waals surface area contributed by atoms with Crippen molar-refractivity contribution in [2.24, 2.45) is 7.05 Å². The van der Waals surface area contributed by atoms with Crippen LogP contribution in [-0.4, -0.2) is 21.2 Å². The van der Waals surface area contributed by atoms with E-state index in [1.165, 1.54) is 27.7 Å². The highest BCUT2D eigenvalue weighted by molar-refractivity contribution is 7.99. The molecule has 3 aromatic heterocycles. The van der Waals surface area contributed by atoms with Gasteiger partial charge in [0.25, 0.3) is 5.56 Å². The predicted octanol–water partition coefficient (Wildman–Crippen LogP) is 5.07. The van der Waals surface area contributed by atoms with Crippen LogP contribution in [0.15, 0.2) is 51.0 Å². The van der Waals surface area contributed by atoms with Crippen LogP contribution in [0.1, 0.15) is 11.1 Å². The fraction of sp³-hybridized carbons (Fsp3) is 0.190. The molecule has 29 heavy (non-hydrogen) atoms. The molecule has 0 fully saturated rings. The highest BCUT2D eigenvalue weighted by atomic mass is 32.2. The van der Waals surface area contributed by atoms with Crippen molar-refractivity contribution in [2.45, 2.75) is 19.0 Å². The number of fused-ring (bicyclic) bond motifs is 1. The second-order valence-corrected chi connectivity index (χ2v) is 9.47. The van der Waals surface area contributed by atoms with Crippen LogP contribution in [0.5, 0.6) is 0 Å². The number of hydrogen-bond acceptors (Lipinski definition) is 6. The first kappa shape index (κ1) is 19.9. The summed E-state index contributed by atoms with van der Waals surface area (Å²) in [5.41, 5.74) is 3.82. The van der Waals surface area contributed by atoms with E-state index in [-0.39, 0.29) is 17.2 Å². The van der Waals surface area contributed by atoms with E-state index in [1.807, 2.05) is 54.9 Å². The van der Waals surface area contributed by atoms with Gasteiger partial charge in [-0.1, -0.05) is 35.5 Å². The summed E-state index contributed by atoms with van der Waals surface area (Å²) in [7, 11) is 1.70. The fourth-order valence-electron chi connectivity index (χ4n) is 3.07. The second kappa shape index (κ2) is 8.14. The van der Waals surface area contributed by atoms with Gasteiger partial charge >= 0.3 is 0 Å². The number of carbonyl (C=O) groups is 1.